The van der Waals surface area contributed by atoms with Crippen molar-refractivity contribution < 1.29 is 59.4 Å². The second-order valence-corrected chi connectivity index (χ2v) is 10.2. The topological polar surface area (TPSA) is 263 Å². The van der Waals surface area contributed by atoms with Crippen LogP contribution in [0.25, 0.3) is 0 Å². The summed E-state index contributed by atoms with van der Waals surface area (Å²) < 4.78 is 0. The minimum atomic E-state index is -1.50. The molecule has 0 aromatic heterocycles. The zero-order valence-electron chi connectivity index (χ0n) is 23.5. The molecule has 1 aliphatic rings. The first-order valence-electron chi connectivity index (χ1n) is 14.0. The minimum Gasteiger partial charge on any atom is -0.550 e. The normalized spacial score (nSPS) is 18.6. The van der Waals surface area contributed by atoms with Crippen molar-refractivity contribution in [2.24, 2.45) is 0 Å². The van der Waals surface area contributed by atoms with Crippen LogP contribution in [0.5, 0.6) is 0 Å². The van der Waals surface area contributed by atoms with Crippen molar-refractivity contribution in [2.75, 3.05) is 52.4 Å². The van der Waals surface area contributed by atoms with E-state index >= 15 is 0 Å². The maximum Gasteiger partial charge on any atom is 0.0586 e. The van der Waals surface area contributed by atoms with Crippen LogP contribution in [0.2, 0.25) is 0 Å². The largest absolute Gasteiger partial charge is 0.550 e. The Labute approximate surface area is 243 Å². The van der Waals surface area contributed by atoms with E-state index in [4.69, 9.17) is 0 Å². The standard InChI is InChI=1S/C26H44N4O12/c31-21(32)7-1-4-18(24(37)38)28-12-10-27-11-13-29(19(25(39)40)5-2-8-22(33)34)15-17-30(16-14-28)20(26(41)42)6-3-9-23(35)36/h18-20,27H,1-17H2,(H,31,32)(H,33,34)(H,35,36)(H,37,38)(H,39,40)(H,41,42)/p-6/t18-,19-,20-/m0/s1. The molecule has 1 heterocycles. The summed E-state index contributed by atoms with van der Waals surface area (Å²) in [5.74, 6) is -8.40. The molecular weight excluding hydrogens is 560 g/mol. The van der Waals surface area contributed by atoms with Crippen LogP contribution in [0.1, 0.15) is 57.8 Å². The number of nitrogens with one attached hydrogen (secondary N) is 1. The quantitative estimate of drug-likeness (QED) is 0.153. The molecule has 16 nitrogen and oxygen atoms in total. The van der Waals surface area contributed by atoms with Crippen LogP contribution < -0.4 is 36.0 Å². The van der Waals surface area contributed by atoms with E-state index in [1.165, 1.54) is 14.7 Å². The van der Waals surface area contributed by atoms with Crippen molar-refractivity contribution in [1.29, 1.82) is 0 Å². The lowest BCUT2D eigenvalue weighted by molar-refractivity contribution is -0.315. The van der Waals surface area contributed by atoms with Crippen molar-refractivity contribution >= 4 is 35.8 Å². The van der Waals surface area contributed by atoms with Crippen LogP contribution in [-0.2, 0) is 28.8 Å². The minimum absolute atomic E-state index is 0.00540. The van der Waals surface area contributed by atoms with E-state index in [1.54, 1.807) is 0 Å². The number of rotatable bonds is 18. The number of carbonyl (C=O) groups is 6. The summed E-state index contributed by atoms with van der Waals surface area (Å²) in [4.78, 5) is 73.1. The first kappa shape index (κ1) is 36.7. The van der Waals surface area contributed by atoms with Gasteiger partial charge < -0.3 is 64.7 Å². The maximum atomic E-state index is 12.1. The molecule has 0 amide bonds. The van der Waals surface area contributed by atoms with Gasteiger partial charge in [-0.25, -0.2) is 0 Å². The Balaban J connectivity index is 3.24. The Morgan fingerprint density at radius 2 is 0.738 bits per heavy atom. The van der Waals surface area contributed by atoms with Gasteiger partial charge in [-0.3, -0.25) is 14.7 Å². The molecule has 0 unspecified atom stereocenters. The van der Waals surface area contributed by atoms with E-state index < -0.39 is 60.4 Å². The molecule has 1 N–H and O–H groups in total. The van der Waals surface area contributed by atoms with Crippen LogP contribution in [0, 0.1) is 0 Å². The fraction of sp³-hybridized carbons (Fsp3) is 0.769. The first-order valence-corrected chi connectivity index (χ1v) is 14.0. The molecule has 3 atom stereocenters. The fourth-order valence-electron chi connectivity index (χ4n) is 5.02. The third-order valence-electron chi connectivity index (χ3n) is 7.21. The van der Waals surface area contributed by atoms with Crippen molar-refractivity contribution in [3.8, 4) is 0 Å². The molecule has 0 aliphatic carbocycles. The Morgan fingerprint density at radius 3 is 0.976 bits per heavy atom. The van der Waals surface area contributed by atoms with Gasteiger partial charge in [-0.1, -0.05) is 0 Å². The van der Waals surface area contributed by atoms with Gasteiger partial charge in [0, 0.05) is 88.4 Å². The molecule has 1 fully saturated rings. The van der Waals surface area contributed by atoms with E-state index in [0.29, 0.717) is 0 Å². The van der Waals surface area contributed by atoms with E-state index in [1.807, 2.05) is 0 Å². The van der Waals surface area contributed by atoms with Gasteiger partial charge in [0.25, 0.3) is 0 Å². The van der Waals surface area contributed by atoms with E-state index in [-0.39, 0.29) is 104 Å². The van der Waals surface area contributed by atoms with Gasteiger partial charge in [0.1, 0.15) is 0 Å². The molecule has 1 aliphatic heterocycles. The van der Waals surface area contributed by atoms with Gasteiger partial charge in [-0.15, -0.1) is 0 Å². The predicted octanol–water partition coefficient (Wildman–Crippen LogP) is -8.39. The lowest BCUT2D eigenvalue weighted by Crippen LogP contribution is -2.57. The van der Waals surface area contributed by atoms with Gasteiger partial charge in [-0.05, 0) is 57.8 Å². The van der Waals surface area contributed by atoms with E-state index in [2.05, 4.69) is 5.32 Å². The van der Waals surface area contributed by atoms with Crippen molar-refractivity contribution in [2.45, 2.75) is 75.9 Å². The molecule has 0 aromatic rings. The highest BCUT2D eigenvalue weighted by Crippen LogP contribution is 2.15. The summed E-state index contributed by atoms with van der Waals surface area (Å²) >= 11 is 0. The van der Waals surface area contributed by atoms with Gasteiger partial charge >= 0.3 is 0 Å². The second-order valence-electron chi connectivity index (χ2n) is 10.2. The van der Waals surface area contributed by atoms with Gasteiger partial charge in [-0.2, -0.15) is 0 Å². The summed E-state index contributed by atoms with van der Waals surface area (Å²) in [5.41, 5.74) is 0. The Kier molecular flexibility index (Phi) is 17.2. The summed E-state index contributed by atoms with van der Waals surface area (Å²) in [7, 11) is 0. The SMILES string of the molecule is O=C([O-])CCC[C@@H](C(=O)[O-])N1CCNCCN([C@@H](CCCC(=O)[O-])C(=O)[O-])CCN([C@@H](CCCC(=O)[O-])C(=O)[O-])CC1. The van der Waals surface area contributed by atoms with Crippen molar-refractivity contribution in [3.63, 3.8) is 0 Å². The monoisotopic (exact) mass is 598 g/mol. The molecule has 1 rings (SSSR count). The van der Waals surface area contributed by atoms with E-state index in [9.17, 15) is 59.4 Å². The molecule has 0 saturated carbocycles. The predicted molar refractivity (Wildman–Crippen MR) is 131 cm³/mol. The summed E-state index contributed by atoms with van der Waals surface area (Å²) in [6.45, 7) is 0.715. The Bertz CT molecular complexity index is 866. The summed E-state index contributed by atoms with van der Waals surface area (Å²) in [5, 5.41) is 71.7. The molecule has 42 heavy (non-hydrogen) atoms. The van der Waals surface area contributed by atoms with Gasteiger partial charge in [0.15, 0.2) is 0 Å². The molecule has 0 bridgehead atoms. The summed E-state index contributed by atoms with van der Waals surface area (Å²) in [6.07, 6.45) is -1.39. The maximum absolute atomic E-state index is 12.1. The third kappa shape index (κ3) is 14.5. The van der Waals surface area contributed by atoms with Gasteiger partial charge in [0.05, 0.1) is 17.9 Å². The molecule has 0 spiro atoms. The average Bonchev–Trinajstić information content (AvgIpc) is 2.87. The van der Waals surface area contributed by atoms with Crippen molar-refractivity contribution in [3.05, 3.63) is 0 Å². The highest BCUT2D eigenvalue weighted by atomic mass is 16.4. The van der Waals surface area contributed by atoms with Crippen LogP contribution in [0.4, 0.5) is 0 Å². The van der Waals surface area contributed by atoms with E-state index in [0.717, 1.165) is 0 Å². The lowest BCUT2D eigenvalue weighted by atomic mass is 10.1. The first-order chi connectivity index (χ1) is 19.8. The highest BCUT2D eigenvalue weighted by Gasteiger charge is 2.27. The lowest BCUT2D eigenvalue weighted by Gasteiger charge is -2.40. The number of carbonyl (C=O) groups excluding carboxylic acids is 6. The molecule has 1 saturated heterocycles. The van der Waals surface area contributed by atoms with Crippen LogP contribution >= 0.6 is 0 Å². The number of nitrogens with zero attached hydrogens (tertiary/aromatic N) is 3. The molecule has 240 valence electrons. The van der Waals surface area contributed by atoms with Crippen LogP contribution in [-0.4, -0.2) is 121 Å². The Morgan fingerprint density at radius 1 is 0.476 bits per heavy atom. The van der Waals surface area contributed by atoms with Crippen molar-refractivity contribution in [1.82, 2.24) is 20.0 Å². The zero-order chi connectivity index (χ0) is 31.7. The van der Waals surface area contributed by atoms with Gasteiger partial charge in [0.2, 0.25) is 0 Å². The number of aliphatic carboxylic acids is 6. The smallest absolute Gasteiger partial charge is 0.0586 e. The number of hydrogen-bond acceptors (Lipinski definition) is 16. The molecule has 16 heteroatoms. The second kappa shape index (κ2) is 19.7. The molecular formula is C26H38N4O12-6. The fourth-order valence-corrected chi connectivity index (χ4v) is 5.02. The van der Waals surface area contributed by atoms with Crippen LogP contribution in [0.3, 0.4) is 0 Å². The van der Waals surface area contributed by atoms with Crippen LogP contribution in [0.15, 0.2) is 0 Å². The third-order valence-corrected chi connectivity index (χ3v) is 7.21. The number of hydrogen-bond donors (Lipinski definition) is 1. The Hall–Kier alpha value is -3.34. The number of carboxylic acids is 6. The highest BCUT2D eigenvalue weighted by molar-refractivity contribution is 5.72. The molecule has 0 radical (unpaired) electrons. The number of carboxylic acid groups (broad SMARTS) is 6. The summed E-state index contributed by atoms with van der Waals surface area (Å²) in [6, 6.07) is -3.66. The molecule has 0 aromatic carbocycles. The average molecular weight is 599 g/mol. The zero-order valence-corrected chi connectivity index (χ0v) is 23.5.